The summed E-state index contributed by atoms with van der Waals surface area (Å²) in [5.74, 6) is 1.36. The van der Waals surface area contributed by atoms with Crippen molar-refractivity contribution in [1.82, 2.24) is 4.98 Å². The van der Waals surface area contributed by atoms with Crippen LogP contribution in [-0.2, 0) is 13.2 Å². The number of fused-ring (bicyclic) bond motifs is 3. The fourth-order valence-corrected chi connectivity index (χ4v) is 3.34. The summed E-state index contributed by atoms with van der Waals surface area (Å²) in [7, 11) is 4.68. The summed E-state index contributed by atoms with van der Waals surface area (Å²) >= 11 is 0. The number of anilines is 2. The van der Waals surface area contributed by atoms with Crippen LogP contribution < -0.4 is 19.7 Å². The monoisotopic (exact) mass is 401 g/mol. The summed E-state index contributed by atoms with van der Waals surface area (Å²) < 4.78 is 10.9. The van der Waals surface area contributed by atoms with Gasteiger partial charge >= 0.3 is 0 Å². The molecule has 0 fully saturated rings. The van der Waals surface area contributed by atoms with E-state index in [2.05, 4.69) is 27.3 Å². The molecule has 0 spiro atoms. The lowest BCUT2D eigenvalue weighted by atomic mass is 10.1. The van der Waals surface area contributed by atoms with Gasteiger partial charge in [0, 0.05) is 18.0 Å². The highest BCUT2D eigenvalue weighted by Crippen LogP contribution is 2.42. The number of ether oxygens (including phenoxy) is 2. The minimum Gasteiger partial charge on any atom is -0.493 e. The highest BCUT2D eigenvalue weighted by molar-refractivity contribution is 7.08. The first-order chi connectivity index (χ1) is 13.7. The molecule has 148 valence electrons. The molecular formula is C20H24N3O4P. The number of rotatable bonds is 5. The number of pyridine rings is 1. The first-order valence-corrected chi connectivity index (χ1v) is 9.23. The summed E-state index contributed by atoms with van der Waals surface area (Å²) in [6, 6.07) is 11.9. The molecule has 4 rings (SSSR count). The number of methoxy groups -OCH3 is 2. The fraction of sp³-hybridized carbons (Fsp3) is 0.250. The van der Waals surface area contributed by atoms with Gasteiger partial charge in [0.2, 0.25) is 0 Å². The first kappa shape index (κ1) is 20.1. The molecule has 1 aliphatic heterocycles. The maximum atomic E-state index is 9.20. The smallest absolute Gasteiger partial charge is 0.162 e. The lowest BCUT2D eigenvalue weighted by Gasteiger charge is -2.20. The summed E-state index contributed by atoms with van der Waals surface area (Å²) in [6.07, 6.45) is 1.86. The van der Waals surface area contributed by atoms with E-state index in [-0.39, 0.29) is 6.61 Å². The summed E-state index contributed by atoms with van der Waals surface area (Å²) in [4.78, 5) is 13.7. The number of aliphatic hydroxyl groups is 1. The largest absolute Gasteiger partial charge is 0.493 e. The Morgan fingerprint density at radius 3 is 2.36 bits per heavy atom. The third kappa shape index (κ3) is 3.83. The predicted octanol–water partition coefficient (Wildman–Crippen LogP) is 2.90. The second-order valence-electron chi connectivity index (χ2n) is 6.25. The Kier molecular flexibility index (Phi) is 6.52. The third-order valence-corrected chi connectivity index (χ3v) is 4.70. The molecule has 2 aromatic carbocycles. The maximum Gasteiger partial charge on any atom is 0.162 e. The molecule has 1 aliphatic rings. The predicted molar refractivity (Wildman–Crippen MR) is 114 cm³/mol. The lowest BCUT2D eigenvalue weighted by molar-refractivity contribution is 0.282. The second-order valence-corrected chi connectivity index (χ2v) is 6.25. The summed E-state index contributed by atoms with van der Waals surface area (Å²) in [5, 5.41) is 13.6. The van der Waals surface area contributed by atoms with E-state index in [0.29, 0.717) is 18.2 Å². The van der Waals surface area contributed by atoms with Crippen LogP contribution in [-0.4, -0.2) is 35.9 Å². The van der Waals surface area contributed by atoms with Gasteiger partial charge in [-0.15, -0.1) is 0 Å². The van der Waals surface area contributed by atoms with E-state index >= 15 is 0 Å². The van der Waals surface area contributed by atoms with Gasteiger partial charge in [0.05, 0.1) is 50.6 Å². The van der Waals surface area contributed by atoms with Crippen molar-refractivity contribution in [1.29, 1.82) is 0 Å². The maximum absolute atomic E-state index is 9.20. The molecule has 2 heterocycles. The van der Waals surface area contributed by atoms with E-state index in [4.69, 9.17) is 14.4 Å². The van der Waals surface area contributed by atoms with Crippen LogP contribution in [0, 0.1) is 0 Å². The van der Waals surface area contributed by atoms with Crippen LogP contribution in [0.4, 0.5) is 11.4 Å². The Morgan fingerprint density at radius 2 is 1.71 bits per heavy atom. The van der Waals surface area contributed by atoms with Gasteiger partial charge in [-0.1, -0.05) is 24.3 Å². The molecule has 0 radical (unpaired) electrons. The van der Waals surface area contributed by atoms with Crippen molar-refractivity contribution < 1.29 is 19.5 Å². The molecule has 3 N–H and O–H groups in total. The van der Waals surface area contributed by atoms with Gasteiger partial charge in [-0.25, -0.2) is 0 Å². The second kappa shape index (κ2) is 9.06. The zero-order valence-corrected chi connectivity index (χ0v) is 17.0. The zero-order valence-electron chi connectivity index (χ0n) is 15.8. The van der Waals surface area contributed by atoms with Gasteiger partial charge in [0.15, 0.2) is 11.5 Å². The number of hydrogen-bond acceptors (Lipinski definition) is 7. The first-order valence-electron chi connectivity index (χ1n) is 8.71. The molecule has 7 nitrogen and oxygen atoms in total. The molecule has 0 bridgehead atoms. The lowest BCUT2D eigenvalue weighted by Crippen LogP contribution is -2.22. The van der Waals surface area contributed by atoms with Crippen molar-refractivity contribution in [2.24, 2.45) is 0 Å². The van der Waals surface area contributed by atoms with Crippen molar-refractivity contribution in [3.05, 3.63) is 53.7 Å². The van der Waals surface area contributed by atoms with E-state index in [1.165, 1.54) is 15.0 Å². The Balaban J connectivity index is 0.00000109. The molecule has 0 aliphatic carbocycles. The summed E-state index contributed by atoms with van der Waals surface area (Å²) in [5.41, 5.74) is 5.09. The number of aliphatic hydroxyl groups excluding tert-OH is 1. The van der Waals surface area contributed by atoms with Gasteiger partial charge in [-0.3, -0.25) is 4.98 Å². The van der Waals surface area contributed by atoms with Crippen molar-refractivity contribution in [2.45, 2.75) is 13.2 Å². The van der Waals surface area contributed by atoms with Gasteiger partial charge in [0.25, 0.3) is 0 Å². The van der Waals surface area contributed by atoms with Crippen LogP contribution in [0.25, 0.3) is 10.9 Å². The highest BCUT2D eigenvalue weighted by Gasteiger charge is 2.23. The molecule has 8 heteroatoms. The minimum atomic E-state index is 0.0618. The Morgan fingerprint density at radius 1 is 1.07 bits per heavy atom. The molecule has 0 saturated heterocycles. The van der Waals surface area contributed by atoms with Gasteiger partial charge in [0.1, 0.15) is 0 Å². The van der Waals surface area contributed by atoms with Crippen molar-refractivity contribution in [3.8, 4) is 11.5 Å². The average Bonchev–Trinajstić information content (AvgIpc) is 3.17. The highest BCUT2D eigenvalue weighted by atomic mass is 31.0. The van der Waals surface area contributed by atoms with Gasteiger partial charge < -0.3 is 29.7 Å². The standard InChI is InChI=1S/C20H21N3O3.H3OP/c1-25-18-7-15-16(8-19(18)26-2)21-9-17-20(15)23(12-22-17)10-13-3-5-14(11-24)6-4-13;1-2/h3-9,22,24H,10-12H2,1-2H3;1H,2H2. The van der Waals surface area contributed by atoms with Crippen LogP contribution in [0.5, 0.6) is 11.5 Å². The average molecular weight is 401 g/mol. The summed E-state index contributed by atoms with van der Waals surface area (Å²) in [6.45, 7) is 1.54. The van der Waals surface area contributed by atoms with Crippen LogP contribution in [0.2, 0.25) is 0 Å². The number of aromatic nitrogens is 1. The number of hydrogen-bond donors (Lipinski definition) is 3. The Labute approximate surface area is 166 Å². The zero-order chi connectivity index (χ0) is 20.1. The third-order valence-electron chi connectivity index (χ3n) is 4.70. The van der Waals surface area contributed by atoms with E-state index in [1.807, 2.05) is 30.5 Å². The molecule has 1 atom stereocenters. The van der Waals surface area contributed by atoms with Crippen LogP contribution in [0.15, 0.2) is 42.6 Å². The van der Waals surface area contributed by atoms with Gasteiger partial charge in [-0.2, -0.15) is 0 Å². The van der Waals surface area contributed by atoms with E-state index in [1.54, 1.807) is 14.2 Å². The fourth-order valence-electron chi connectivity index (χ4n) is 3.34. The number of nitrogens with one attached hydrogen (secondary N) is 1. The van der Waals surface area contributed by atoms with Gasteiger partial charge in [-0.05, 0) is 26.7 Å². The number of nitrogens with zero attached hydrogens (tertiary/aromatic N) is 2. The quantitative estimate of drug-likeness (QED) is 0.567. The van der Waals surface area contributed by atoms with Crippen molar-refractivity contribution in [3.63, 3.8) is 0 Å². The molecule has 0 saturated carbocycles. The Bertz CT molecular complexity index is 950. The molecule has 1 aromatic heterocycles. The molecular weight excluding hydrogens is 377 g/mol. The number of benzene rings is 2. The van der Waals surface area contributed by atoms with Crippen LogP contribution in [0.1, 0.15) is 11.1 Å². The normalized spacial score (nSPS) is 12.1. The Hall–Kier alpha value is -2.60. The van der Waals surface area contributed by atoms with E-state index in [9.17, 15) is 5.11 Å². The molecule has 3 aromatic rings. The van der Waals surface area contributed by atoms with Crippen LogP contribution >= 0.6 is 9.47 Å². The topological polar surface area (TPSA) is 87.1 Å². The molecule has 0 amide bonds. The van der Waals surface area contributed by atoms with Crippen molar-refractivity contribution in [2.75, 3.05) is 31.1 Å². The van der Waals surface area contributed by atoms with E-state index in [0.717, 1.165) is 34.4 Å². The molecule has 28 heavy (non-hydrogen) atoms. The van der Waals surface area contributed by atoms with Crippen LogP contribution in [0.3, 0.4) is 0 Å². The minimum absolute atomic E-state index is 0.0618. The van der Waals surface area contributed by atoms with E-state index < -0.39 is 0 Å². The van der Waals surface area contributed by atoms with Crippen molar-refractivity contribution >= 4 is 31.7 Å². The SMILES string of the molecule is COc1cc2ncc3c(c2cc1OC)N(Cc1ccc(CO)cc1)CN3.OP. The molecule has 1 unspecified atom stereocenters.